The number of anilines is 1. The summed E-state index contributed by atoms with van der Waals surface area (Å²) in [7, 11) is -1.87. The average Bonchev–Trinajstić information content (AvgIpc) is 3.41. The molecule has 3 aromatic rings. The van der Waals surface area contributed by atoms with Crippen LogP contribution in [-0.2, 0) is 10.0 Å². The van der Waals surface area contributed by atoms with Gasteiger partial charge < -0.3 is 5.32 Å². The van der Waals surface area contributed by atoms with Gasteiger partial charge in [0.2, 0.25) is 10.0 Å². The number of nitrogens with one attached hydrogen (secondary N) is 2. The standard InChI is InChI=1S/C19H19ClN4O3S/c1-21-19(25)18-15-9-14(11-3-4-11)17(23-28(2,26)27)10-16(15)22-24(18)13-7-5-12(20)6-8-13/h5-11,23H,3-4H2,1-2H3,(H,21,25). The fourth-order valence-corrected chi connectivity index (χ4v) is 3.98. The molecule has 0 aliphatic heterocycles. The Kier molecular flexibility index (Phi) is 4.55. The molecule has 1 amide bonds. The van der Waals surface area contributed by atoms with Gasteiger partial charge >= 0.3 is 0 Å². The second-order valence-electron chi connectivity index (χ2n) is 6.92. The van der Waals surface area contributed by atoms with Crippen molar-refractivity contribution in [1.29, 1.82) is 0 Å². The number of aromatic nitrogens is 2. The molecule has 28 heavy (non-hydrogen) atoms. The van der Waals surface area contributed by atoms with E-state index in [1.165, 1.54) is 0 Å². The summed E-state index contributed by atoms with van der Waals surface area (Å²) in [5, 5.41) is 8.49. The molecule has 146 valence electrons. The van der Waals surface area contributed by atoms with Crippen LogP contribution in [-0.4, -0.2) is 37.4 Å². The van der Waals surface area contributed by atoms with Crippen LogP contribution in [0, 0.1) is 0 Å². The topological polar surface area (TPSA) is 93.1 Å². The summed E-state index contributed by atoms with van der Waals surface area (Å²) in [6, 6.07) is 10.6. The van der Waals surface area contributed by atoms with Crippen LogP contribution in [0.2, 0.25) is 5.02 Å². The van der Waals surface area contributed by atoms with Crippen molar-refractivity contribution in [2.45, 2.75) is 18.8 Å². The first kappa shape index (κ1) is 18.8. The summed E-state index contributed by atoms with van der Waals surface area (Å²) < 4.78 is 27.7. The monoisotopic (exact) mass is 418 g/mol. The number of hydrogen-bond donors (Lipinski definition) is 2. The third kappa shape index (κ3) is 3.57. The fourth-order valence-electron chi connectivity index (χ4n) is 3.28. The van der Waals surface area contributed by atoms with Gasteiger partial charge in [0.15, 0.2) is 0 Å². The van der Waals surface area contributed by atoms with E-state index < -0.39 is 10.0 Å². The highest BCUT2D eigenvalue weighted by molar-refractivity contribution is 7.92. The molecule has 1 aliphatic carbocycles. The van der Waals surface area contributed by atoms with Crippen molar-refractivity contribution in [3.8, 4) is 5.69 Å². The summed E-state index contributed by atoms with van der Waals surface area (Å²) in [6.07, 6.45) is 3.10. The Labute approximate surface area is 167 Å². The lowest BCUT2D eigenvalue weighted by molar-refractivity contribution is 0.0957. The van der Waals surface area contributed by atoms with Crippen LogP contribution >= 0.6 is 11.6 Å². The van der Waals surface area contributed by atoms with Crippen molar-refractivity contribution in [1.82, 2.24) is 15.1 Å². The average molecular weight is 419 g/mol. The molecule has 0 bridgehead atoms. The van der Waals surface area contributed by atoms with E-state index in [1.54, 1.807) is 42.1 Å². The number of carbonyl (C=O) groups is 1. The zero-order chi connectivity index (χ0) is 20.1. The number of sulfonamides is 1. The van der Waals surface area contributed by atoms with E-state index in [0.29, 0.717) is 33.0 Å². The predicted octanol–water partition coefficient (Wildman–Crippen LogP) is 3.29. The molecule has 1 fully saturated rings. The lowest BCUT2D eigenvalue weighted by Crippen LogP contribution is -2.21. The number of fused-ring (bicyclic) bond motifs is 1. The molecule has 1 saturated carbocycles. The van der Waals surface area contributed by atoms with E-state index in [4.69, 9.17) is 11.6 Å². The third-order valence-corrected chi connectivity index (χ3v) is 5.51. The Morgan fingerprint density at radius 1 is 1.21 bits per heavy atom. The van der Waals surface area contributed by atoms with Crippen LogP contribution in [0.1, 0.15) is 34.8 Å². The summed E-state index contributed by atoms with van der Waals surface area (Å²) in [5.41, 5.74) is 3.02. The lowest BCUT2D eigenvalue weighted by atomic mass is 10.0. The molecule has 9 heteroatoms. The van der Waals surface area contributed by atoms with Crippen LogP contribution in [0.4, 0.5) is 5.69 Å². The van der Waals surface area contributed by atoms with Crippen LogP contribution in [0.3, 0.4) is 0 Å². The summed E-state index contributed by atoms with van der Waals surface area (Å²) in [6.45, 7) is 0. The smallest absolute Gasteiger partial charge is 0.270 e. The first-order valence-electron chi connectivity index (χ1n) is 8.79. The normalized spacial score (nSPS) is 14.2. The van der Waals surface area contributed by atoms with Gasteiger partial charge in [0, 0.05) is 17.5 Å². The van der Waals surface area contributed by atoms with Gasteiger partial charge in [-0.05, 0) is 60.7 Å². The molecule has 1 heterocycles. The Bertz CT molecular complexity index is 1180. The van der Waals surface area contributed by atoms with Gasteiger partial charge in [-0.15, -0.1) is 0 Å². The second kappa shape index (κ2) is 6.79. The third-order valence-electron chi connectivity index (χ3n) is 4.67. The minimum absolute atomic E-state index is 0.275. The summed E-state index contributed by atoms with van der Waals surface area (Å²) in [4.78, 5) is 12.7. The molecule has 0 spiro atoms. The van der Waals surface area contributed by atoms with Gasteiger partial charge in [-0.1, -0.05) is 11.6 Å². The van der Waals surface area contributed by atoms with Crippen molar-refractivity contribution in [2.75, 3.05) is 18.0 Å². The van der Waals surface area contributed by atoms with Crippen LogP contribution < -0.4 is 10.0 Å². The molecule has 0 atom stereocenters. The summed E-state index contributed by atoms with van der Waals surface area (Å²) >= 11 is 5.98. The van der Waals surface area contributed by atoms with Crippen molar-refractivity contribution >= 4 is 44.1 Å². The minimum atomic E-state index is -3.43. The lowest BCUT2D eigenvalue weighted by Gasteiger charge is -2.11. The highest BCUT2D eigenvalue weighted by Gasteiger charge is 2.29. The number of nitrogens with zero attached hydrogens (tertiary/aromatic N) is 2. The fraction of sp³-hybridized carbons (Fsp3) is 0.263. The van der Waals surface area contributed by atoms with Crippen molar-refractivity contribution < 1.29 is 13.2 Å². The van der Waals surface area contributed by atoms with E-state index in [9.17, 15) is 13.2 Å². The van der Waals surface area contributed by atoms with E-state index in [0.717, 1.165) is 24.7 Å². The molecule has 1 aromatic heterocycles. The Morgan fingerprint density at radius 3 is 2.46 bits per heavy atom. The molecule has 7 nitrogen and oxygen atoms in total. The van der Waals surface area contributed by atoms with E-state index in [1.807, 2.05) is 6.07 Å². The molecule has 4 rings (SSSR count). The van der Waals surface area contributed by atoms with Crippen molar-refractivity contribution in [3.63, 3.8) is 0 Å². The largest absolute Gasteiger partial charge is 0.354 e. The van der Waals surface area contributed by atoms with Gasteiger partial charge in [0.05, 0.1) is 23.1 Å². The number of carbonyl (C=O) groups excluding carboxylic acids is 1. The second-order valence-corrected chi connectivity index (χ2v) is 9.11. The van der Waals surface area contributed by atoms with E-state index in [2.05, 4.69) is 15.1 Å². The summed E-state index contributed by atoms with van der Waals surface area (Å²) in [5.74, 6) is 0.00749. The Hall–Kier alpha value is -2.58. The number of amides is 1. The van der Waals surface area contributed by atoms with Gasteiger partial charge in [0.1, 0.15) is 5.69 Å². The van der Waals surface area contributed by atoms with Gasteiger partial charge in [-0.3, -0.25) is 9.52 Å². The maximum absolute atomic E-state index is 12.7. The highest BCUT2D eigenvalue weighted by atomic mass is 35.5. The molecular weight excluding hydrogens is 400 g/mol. The number of rotatable bonds is 5. The maximum atomic E-state index is 12.7. The van der Waals surface area contributed by atoms with E-state index in [-0.39, 0.29) is 11.8 Å². The van der Waals surface area contributed by atoms with Crippen molar-refractivity contribution in [2.24, 2.45) is 0 Å². The molecule has 2 N–H and O–H groups in total. The quantitative estimate of drug-likeness (QED) is 0.664. The molecule has 2 aromatic carbocycles. The zero-order valence-corrected chi connectivity index (χ0v) is 16.9. The first-order valence-corrected chi connectivity index (χ1v) is 11.1. The zero-order valence-electron chi connectivity index (χ0n) is 15.4. The van der Waals surface area contributed by atoms with Crippen LogP contribution in [0.5, 0.6) is 0 Å². The number of halogens is 1. The number of benzene rings is 2. The maximum Gasteiger partial charge on any atom is 0.270 e. The Balaban J connectivity index is 1.97. The molecule has 0 radical (unpaired) electrons. The highest BCUT2D eigenvalue weighted by Crippen LogP contribution is 2.45. The van der Waals surface area contributed by atoms with Gasteiger partial charge in [-0.2, -0.15) is 5.10 Å². The number of hydrogen-bond acceptors (Lipinski definition) is 4. The molecule has 1 aliphatic rings. The predicted molar refractivity (Wildman–Crippen MR) is 110 cm³/mol. The molecule has 0 saturated heterocycles. The molecule has 0 unspecified atom stereocenters. The van der Waals surface area contributed by atoms with Crippen LogP contribution in [0.15, 0.2) is 36.4 Å². The Morgan fingerprint density at radius 2 is 1.89 bits per heavy atom. The molecular formula is C19H19ClN4O3S. The minimum Gasteiger partial charge on any atom is -0.354 e. The van der Waals surface area contributed by atoms with Crippen molar-refractivity contribution in [3.05, 3.63) is 52.7 Å². The van der Waals surface area contributed by atoms with Gasteiger partial charge in [-0.25, -0.2) is 13.1 Å². The SMILES string of the molecule is CNC(=O)c1c2cc(C3CC3)c(NS(C)(=O)=O)cc2nn1-c1ccc(Cl)cc1. The van der Waals surface area contributed by atoms with Crippen LogP contribution in [0.25, 0.3) is 16.6 Å². The van der Waals surface area contributed by atoms with Gasteiger partial charge in [0.25, 0.3) is 5.91 Å². The van der Waals surface area contributed by atoms with E-state index >= 15 is 0 Å². The first-order chi connectivity index (χ1) is 13.3.